The summed E-state index contributed by atoms with van der Waals surface area (Å²) >= 11 is 5.95. The van der Waals surface area contributed by atoms with Gasteiger partial charge in [0.1, 0.15) is 0 Å². The monoisotopic (exact) mass is 292 g/mol. The highest BCUT2D eigenvalue weighted by Gasteiger charge is 2.27. The first kappa shape index (κ1) is 13.5. The highest BCUT2D eigenvalue weighted by Crippen LogP contribution is 2.33. The van der Waals surface area contributed by atoms with E-state index in [4.69, 9.17) is 21.9 Å². The lowest BCUT2D eigenvalue weighted by molar-refractivity contribution is 0.238. The number of benzene rings is 1. The number of hydrogen-bond acceptors (Lipinski definition) is 5. The van der Waals surface area contributed by atoms with Crippen LogP contribution in [-0.4, -0.2) is 21.6 Å². The molecule has 0 radical (unpaired) electrons. The first-order valence-corrected chi connectivity index (χ1v) is 7.15. The Kier molecular flexibility index (Phi) is 4.00. The van der Waals surface area contributed by atoms with Crippen molar-refractivity contribution in [2.75, 3.05) is 6.54 Å². The summed E-state index contributed by atoms with van der Waals surface area (Å²) in [7, 11) is 0. The molecule has 0 saturated carbocycles. The topological polar surface area (TPSA) is 68.2 Å². The molecule has 1 saturated heterocycles. The predicted octanol–water partition coefficient (Wildman–Crippen LogP) is 2.52. The minimum Gasteiger partial charge on any atom is -0.338 e. The van der Waals surface area contributed by atoms with Gasteiger partial charge >= 0.3 is 0 Å². The molecule has 3 rings (SSSR count). The largest absolute Gasteiger partial charge is 0.338 e. The molecular formula is C14H17ClN4O. The highest BCUT2D eigenvalue weighted by atomic mass is 35.5. The Morgan fingerprint density at radius 1 is 1.35 bits per heavy atom. The van der Waals surface area contributed by atoms with Crippen molar-refractivity contribution < 1.29 is 4.52 Å². The van der Waals surface area contributed by atoms with Gasteiger partial charge in [-0.2, -0.15) is 4.98 Å². The van der Waals surface area contributed by atoms with E-state index in [1.807, 2.05) is 12.1 Å². The molecule has 1 unspecified atom stereocenters. The number of nitrogens with two attached hydrogens (primary N) is 1. The van der Waals surface area contributed by atoms with Crippen LogP contribution in [0.1, 0.15) is 36.2 Å². The third-order valence-corrected chi connectivity index (χ3v) is 3.90. The van der Waals surface area contributed by atoms with Gasteiger partial charge in [-0.3, -0.25) is 4.90 Å². The fraction of sp³-hybridized carbons (Fsp3) is 0.429. The molecule has 0 spiro atoms. The molecule has 1 aromatic carbocycles. The average molecular weight is 293 g/mol. The highest BCUT2D eigenvalue weighted by molar-refractivity contribution is 6.30. The summed E-state index contributed by atoms with van der Waals surface area (Å²) in [5.74, 6) is 1.19. The molecule has 2 N–H and O–H groups in total. The molecule has 106 valence electrons. The Morgan fingerprint density at radius 2 is 2.15 bits per heavy atom. The van der Waals surface area contributed by atoms with Crippen molar-refractivity contribution in [3.05, 3.63) is 46.6 Å². The van der Waals surface area contributed by atoms with Crippen LogP contribution in [0.4, 0.5) is 0 Å². The zero-order valence-electron chi connectivity index (χ0n) is 11.1. The first-order chi connectivity index (χ1) is 9.76. The lowest BCUT2D eigenvalue weighted by Gasteiger charge is -2.23. The zero-order chi connectivity index (χ0) is 13.9. The summed E-state index contributed by atoms with van der Waals surface area (Å²) in [6, 6.07) is 8.45. The molecule has 0 amide bonds. The van der Waals surface area contributed by atoms with Crippen molar-refractivity contribution in [3.8, 4) is 0 Å². The van der Waals surface area contributed by atoms with Gasteiger partial charge in [-0.1, -0.05) is 28.9 Å². The molecule has 0 bridgehead atoms. The number of aromatic nitrogens is 2. The molecule has 2 aromatic rings. The van der Waals surface area contributed by atoms with E-state index < -0.39 is 0 Å². The molecule has 1 aliphatic rings. The van der Waals surface area contributed by atoms with Crippen molar-refractivity contribution in [2.45, 2.75) is 32.0 Å². The van der Waals surface area contributed by atoms with Gasteiger partial charge in [-0.15, -0.1) is 0 Å². The Hall–Kier alpha value is -1.43. The van der Waals surface area contributed by atoms with Gasteiger partial charge in [0.25, 0.3) is 0 Å². The van der Waals surface area contributed by atoms with Crippen LogP contribution in [0.3, 0.4) is 0 Å². The third kappa shape index (κ3) is 2.85. The second-order valence-corrected chi connectivity index (χ2v) is 5.42. The lowest BCUT2D eigenvalue weighted by atomic mass is 10.0. The Balaban J connectivity index is 1.73. The van der Waals surface area contributed by atoms with E-state index in [1.54, 1.807) is 0 Å². The van der Waals surface area contributed by atoms with Crippen molar-refractivity contribution >= 4 is 11.6 Å². The molecule has 5 nitrogen and oxygen atoms in total. The molecule has 1 aliphatic heterocycles. The summed E-state index contributed by atoms with van der Waals surface area (Å²) in [5, 5.41) is 4.73. The van der Waals surface area contributed by atoms with Gasteiger partial charge in [-0.25, -0.2) is 0 Å². The van der Waals surface area contributed by atoms with Gasteiger partial charge < -0.3 is 10.3 Å². The smallest absolute Gasteiger partial charge is 0.240 e. The van der Waals surface area contributed by atoms with Gasteiger partial charge in [0.2, 0.25) is 5.89 Å². The summed E-state index contributed by atoms with van der Waals surface area (Å²) < 4.78 is 5.05. The van der Waals surface area contributed by atoms with E-state index >= 15 is 0 Å². The van der Waals surface area contributed by atoms with Gasteiger partial charge in [0.05, 0.1) is 13.1 Å². The van der Waals surface area contributed by atoms with E-state index in [1.165, 1.54) is 12.0 Å². The lowest BCUT2D eigenvalue weighted by Crippen LogP contribution is -2.23. The maximum Gasteiger partial charge on any atom is 0.240 e. The number of likely N-dealkylation sites (tertiary alicyclic amines) is 1. The van der Waals surface area contributed by atoms with Crippen LogP contribution < -0.4 is 5.73 Å². The molecule has 2 heterocycles. The normalized spacial score (nSPS) is 19.6. The van der Waals surface area contributed by atoms with E-state index in [-0.39, 0.29) is 6.54 Å². The Morgan fingerprint density at radius 3 is 2.85 bits per heavy atom. The molecule has 1 aromatic heterocycles. The predicted molar refractivity (Wildman–Crippen MR) is 76.0 cm³/mol. The quantitative estimate of drug-likeness (QED) is 0.938. The molecule has 0 aliphatic carbocycles. The molecule has 1 atom stereocenters. The molecule has 1 fully saturated rings. The van der Waals surface area contributed by atoms with Crippen molar-refractivity contribution in [1.29, 1.82) is 0 Å². The maximum atomic E-state index is 5.95. The van der Waals surface area contributed by atoms with Gasteiger partial charge in [-0.05, 0) is 37.1 Å². The van der Waals surface area contributed by atoms with E-state index in [9.17, 15) is 0 Å². The number of rotatable bonds is 4. The second-order valence-electron chi connectivity index (χ2n) is 4.99. The standard InChI is InChI=1S/C14H17ClN4O/c15-11-5-3-10(4-6-11)12-2-1-7-19(12)9-13-17-14(8-16)20-18-13/h3-6,12H,1-2,7-9,16H2. The average Bonchev–Trinajstić information content (AvgIpc) is 3.09. The van der Waals surface area contributed by atoms with Crippen LogP contribution >= 0.6 is 11.6 Å². The minimum absolute atomic E-state index is 0.285. The van der Waals surface area contributed by atoms with Crippen LogP contribution in [0.5, 0.6) is 0 Å². The SMILES string of the molecule is NCc1nc(CN2CCCC2c2ccc(Cl)cc2)no1. The van der Waals surface area contributed by atoms with Gasteiger partial charge in [0, 0.05) is 11.1 Å². The van der Waals surface area contributed by atoms with E-state index in [2.05, 4.69) is 27.2 Å². The molecular weight excluding hydrogens is 276 g/mol. The van der Waals surface area contributed by atoms with Crippen LogP contribution in [-0.2, 0) is 13.1 Å². The molecule has 20 heavy (non-hydrogen) atoms. The van der Waals surface area contributed by atoms with Crippen LogP contribution in [0.2, 0.25) is 5.02 Å². The van der Waals surface area contributed by atoms with Crippen LogP contribution in [0.15, 0.2) is 28.8 Å². The Labute approximate surface area is 122 Å². The summed E-state index contributed by atoms with van der Waals surface area (Å²) in [4.78, 5) is 6.64. The maximum absolute atomic E-state index is 5.95. The van der Waals surface area contributed by atoms with Gasteiger partial charge in [0.15, 0.2) is 5.82 Å². The Bertz CT molecular complexity index is 569. The zero-order valence-corrected chi connectivity index (χ0v) is 11.9. The fourth-order valence-corrected chi connectivity index (χ4v) is 2.82. The fourth-order valence-electron chi connectivity index (χ4n) is 2.70. The summed E-state index contributed by atoms with van der Waals surface area (Å²) in [5.41, 5.74) is 6.77. The van der Waals surface area contributed by atoms with Crippen molar-refractivity contribution in [1.82, 2.24) is 15.0 Å². The first-order valence-electron chi connectivity index (χ1n) is 6.77. The van der Waals surface area contributed by atoms with Crippen LogP contribution in [0, 0.1) is 0 Å². The number of nitrogens with zero attached hydrogens (tertiary/aromatic N) is 3. The number of hydrogen-bond donors (Lipinski definition) is 1. The third-order valence-electron chi connectivity index (χ3n) is 3.65. The van der Waals surface area contributed by atoms with Crippen molar-refractivity contribution in [3.63, 3.8) is 0 Å². The second kappa shape index (κ2) is 5.91. The molecule has 6 heteroatoms. The minimum atomic E-state index is 0.285. The summed E-state index contributed by atoms with van der Waals surface area (Å²) in [6.07, 6.45) is 2.32. The van der Waals surface area contributed by atoms with Crippen molar-refractivity contribution in [2.24, 2.45) is 5.73 Å². The van der Waals surface area contributed by atoms with Crippen LogP contribution in [0.25, 0.3) is 0 Å². The summed E-state index contributed by atoms with van der Waals surface area (Å²) in [6.45, 7) is 2.02. The number of halogens is 1. The van der Waals surface area contributed by atoms with E-state index in [0.717, 1.165) is 18.0 Å². The van der Waals surface area contributed by atoms with E-state index in [0.29, 0.717) is 24.3 Å².